The normalized spacial score (nSPS) is 11.3. The molecule has 0 radical (unpaired) electrons. The highest BCUT2D eigenvalue weighted by Crippen LogP contribution is 2.37. The van der Waals surface area contributed by atoms with Gasteiger partial charge in [-0.25, -0.2) is 15.0 Å². The molecule has 0 amide bonds. The average Bonchev–Trinajstić information content (AvgIpc) is 3.53. The maximum absolute atomic E-state index is 5.09. The Kier molecular flexibility index (Phi) is 7.10. The second-order valence-electron chi connectivity index (χ2n) is 12.0. The summed E-state index contributed by atoms with van der Waals surface area (Å²) < 4.78 is 2.38. The summed E-state index contributed by atoms with van der Waals surface area (Å²) in [6.07, 6.45) is 0. The fourth-order valence-electron chi connectivity index (χ4n) is 6.78. The van der Waals surface area contributed by atoms with Crippen LogP contribution in [0.15, 0.2) is 182 Å². The number of hydrogen-bond acceptors (Lipinski definition) is 3. The van der Waals surface area contributed by atoms with Gasteiger partial charge in [-0.2, -0.15) is 0 Å². The molecule has 0 atom stereocenters. The summed E-state index contributed by atoms with van der Waals surface area (Å²) >= 11 is 0. The van der Waals surface area contributed by atoms with Gasteiger partial charge >= 0.3 is 0 Å². The van der Waals surface area contributed by atoms with E-state index in [2.05, 4.69) is 144 Å². The Labute approximate surface area is 284 Å². The monoisotopic (exact) mass is 626 g/mol. The third-order valence-electron chi connectivity index (χ3n) is 9.10. The molecule has 0 spiro atoms. The van der Waals surface area contributed by atoms with Crippen molar-refractivity contribution < 1.29 is 0 Å². The molecule has 230 valence electrons. The van der Waals surface area contributed by atoms with E-state index < -0.39 is 0 Å². The third kappa shape index (κ3) is 5.16. The Morgan fingerprint density at radius 2 is 0.694 bits per heavy atom. The van der Waals surface area contributed by atoms with E-state index in [1.165, 1.54) is 21.8 Å². The summed E-state index contributed by atoms with van der Waals surface area (Å²) in [5, 5.41) is 2.49. The molecule has 4 heteroatoms. The summed E-state index contributed by atoms with van der Waals surface area (Å²) in [5.74, 6) is 1.92. The minimum atomic E-state index is 0.633. The molecule has 0 N–H and O–H groups in total. The molecule has 0 bridgehead atoms. The predicted molar refractivity (Wildman–Crippen MR) is 201 cm³/mol. The summed E-state index contributed by atoms with van der Waals surface area (Å²) in [6.45, 7) is 0. The van der Waals surface area contributed by atoms with Gasteiger partial charge in [0.1, 0.15) is 0 Å². The van der Waals surface area contributed by atoms with Gasteiger partial charge in [-0.3, -0.25) is 0 Å². The van der Waals surface area contributed by atoms with Gasteiger partial charge < -0.3 is 4.57 Å². The van der Waals surface area contributed by atoms with Gasteiger partial charge in [0.15, 0.2) is 17.5 Å². The van der Waals surface area contributed by atoms with Gasteiger partial charge in [0.2, 0.25) is 0 Å². The SMILES string of the molecule is c1ccc(-c2nc(-c3ccc(-c4ccccc4-n4c5ccccc5c5ccccc54)cc3)nc(-c3ccccc3-c3ccccc3)n2)cc1. The lowest BCUT2D eigenvalue weighted by atomic mass is 9.99. The molecular formula is C45H30N4. The van der Waals surface area contributed by atoms with Crippen LogP contribution in [0.25, 0.3) is 83.9 Å². The van der Waals surface area contributed by atoms with Crippen molar-refractivity contribution in [2.75, 3.05) is 0 Å². The van der Waals surface area contributed by atoms with Crippen molar-refractivity contribution in [2.24, 2.45) is 0 Å². The number of rotatable bonds is 6. The van der Waals surface area contributed by atoms with Crippen LogP contribution in [-0.2, 0) is 0 Å². The maximum Gasteiger partial charge on any atom is 0.164 e. The Morgan fingerprint density at radius 1 is 0.286 bits per heavy atom. The molecule has 9 rings (SSSR count). The van der Waals surface area contributed by atoms with Crippen LogP contribution in [0.5, 0.6) is 0 Å². The number of fused-ring (bicyclic) bond motifs is 3. The summed E-state index contributed by atoms with van der Waals surface area (Å²) in [4.78, 5) is 15.1. The standard InChI is InChI=1S/C45H30N4/c1-3-15-31(16-4-1)35-19-7-8-23-39(35)45-47-43(33-17-5-2-6-18-33)46-44(48-45)34-29-27-32(28-30-34)36-20-9-12-24-40(36)49-41-25-13-10-21-37(41)38-22-11-14-26-42(38)49/h1-30H. The van der Waals surface area contributed by atoms with Gasteiger partial charge in [-0.15, -0.1) is 0 Å². The van der Waals surface area contributed by atoms with Crippen molar-refractivity contribution in [2.45, 2.75) is 0 Å². The molecule has 0 unspecified atom stereocenters. The van der Waals surface area contributed by atoms with E-state index in [0.717, 1.165) is 44.6 Å². The van der Waals surface area contributed by atoms with E-state index in [1.54, 1.807) is 0 Å². The van der Waals surface area contributed by atoms with Crippen molar-refractivity contribution in [3.8, 4) is 62.1 Å². The smallest absolute Gasteiger partial charge is 0.164 e. The average molecular weight is 627 g/mol. The third-order valence-corrected chi connectivity index (χ3v) is 9.10. The van der Waals surface area contributed by atoms with E-state index in [4.69, 9.17) is 15.0 Å². The van der Waals surface area contributed by atoms with Gasteiger partial charge in [0.25, 0.3) is 0 Å². The van der Waals surface area contributed by atoms with Crippen LogP contribution in [0, 0.1) is 0 Å². The van der Waals surface area contributed by atoms with Crippen LogP contribution >= 0.6 is 0 Å². The lowest BCUT2D eigenvalue weighted by Gasteiger charge is -2.15. The minimum Gasteiger partial charge on any atom is -0.309 e. The van der Waals surface area contributed by atoms with E-state index in [1.807, 2.05) is 42.5 Å². The van der Waals surface area contributed by atoms with Crippen LogP contribution < -0.4 is 0 Å². The molecule has 0 saturated carbocycles. The minimum absolute atomic E-state index is 0.633. The lowest BCUT2D eigenvalue weighted by molar-refractivity contribution is 1.07. The second-order valence-corrected chi connectivity index (χ2v) is 12.0. The zero-order valence-corrected chi connectivity index (χ0v) is 26.6. The number of benzene rings is 7. The quantitative estimate of drug-likeness (QED) is 0.184. The molecule has 0 saturated heterocycles. The Hall–Kier alpha value is -6.65. The number of hydrogen-bond donors (Lipinski definition) is 0. The van der Waals surface area contributed by atoms with E-state index in [0.29, 0.717) is 17.5 Å². The van der Waals surface area contributed by atoms with Crippen molar-refractivity contribution in [1.82, 2.24) is 19.5 Å². The first-order chi connectivity index (χ1) is 24.3. The molecule has 4 nitrogen and oxygen atoms in total. The zero-order chi connectivity index (χ0) is 32.6. The summed E-state index contributed by atoms with van der Waals surface area (Å²) in [6, 6.07) is 63.3. The molecule has 7 aromatic carbocycles. The van der Waals surface area contributed by atoms with Gasteiger partial charge in [0.05, 0.1) is 16.7 Å². The van der Waals surface area contributed by atoms with Crippen molar-refractivity contribution >= 4 is 21.8 Å². The molecule has 9 aromatic rings. The van der Waals surface area contributed by atoms with E-state index in [-0.39, 0.29) is 0 Å². The predicted octanol–water partition coefficient (Wildman–Crippen LogP) is 11.3. The second kappa shape index (κ2) is 12.2. The first-order valence-corrected chi connectivity index (χ1v) is 16.5. The van der Waals surface area contributed by atoms with Crippen LogP contribution in [0.3, 0.4) is 0 Å². The molecular weight excluding hydrogens is 597 g/mol. The van der Waals surface area contributed by atoms with Crippen LogP contribution in [0.1, 0.15) is 0 Å². The molecule has 0 aliphatic rings. The fraction of sp³-hybridized carbons (Fsp3) is 0. The fourth-order valence-corrected chi connectivity index (χ4v) is 6.78. The summed E-state index contributed by atoms with van der Waals surface area (Å²) in [7, 11) is 0. The Morgan fingerprint density at radius 3 is 1.33 bits per heavy atom. The van der Waals surface area contributed by atoms with E-state index >= 15 is 0 Å². The van der Waals surface area contributed by atoms with Crippen LogP contribution in [-0.4, -0.2) is 19.5 Å². The maximum atomic E-state index is 5.09. The van der Waals surface area contributed by atoms with Crippen LogP contribution in [0.4, 0.5) is 0 Å². The Balaban J connectivity index is 1.17. The molecule has 49 heavy (non-hydrogen) atoms. The first kappa shape index (κ1) is 28.6. The van der Waals surface area contributed by atoms with Gasteiger partial charge in [-0.05, 0) is 34.9 Å². The van der Waals surface area contributed by atoms with Crippen molar-refractivity contribution in [1.29, 1.82) is 0 Å². The largest absolute Gasteiger partial charge is 0.309 e. The highest BCUT2D eigenvalue weighted by Gasteiger charge is 2.17. The van der Waals surface area contributed by atoms with E-state index in [9.17, 15) is 0 Å². The first-order valence-electron chi connectivity index (χ1n) is 16.5. The molecule has 0 aliphatic carbocycles. The topological polar surface area (TPSA) is 43.6 Å². The van der Waals surface area contributed by atoms with Gasteiger partial charge in [0, 0.05) is 33.0 Å². The molecule has 2 heterocycles. The number of nitrogens with zero attached hydrogens (tertiary/aromatic N) is 4. The van der Waals surface area contributed by atoms with Crippen molar-refractivity contribution in [3.05, 3.63) is 182 Å². The Bertz CT molecular complexity index is 2530. The molecule has 0 fully saturated rings. The molecule has 0 aliphatic heterocycles. The number of para-hydroxylation sites is 3. The molecule has 2 aromatic heterocycles. The van der Waals surface area contributed by atoms with Crippen LogP contribution in [0.2, 0.25) is 0 Å². The number of aromatic nitrogens is 4. The summed E-state index contributed by atoms with van der Waals surface area (Å²) in [5.41, 5.74) is 10.8. The highest BCUT2D eigenvalue weighted by atomic mass is 15.0. The highest BCUT2D eigenvalue weighted by molar-refractivity contribution is 6.09. The van der Waals surface area contributed by atoms with Crippen molar-refractivity contribution in [3.63, 3.8) is 0 Å². The zero-order valence-electron chi connectivity index (χ0n) is 26.6. The lowest BCUT2D eigenvalue weighted by Crippen LogP contribution is -2.01. The van der Waals surface area contributed by atoms with Gasteiger partial charge in [-0.1, -0.05) is 164 Å².